The summed E-state index contributed by atoms with van der Waals surface area (Å²) in [6, 6.07) is 0.631. The Morgan fingerprint density at radius 2 is 2.06 bits per heavy atom. The maximum Gasteiger partial charge on any atom is 0.0658 e. The van der Waals surface area contributed by atoms with Gasteiger partial charge in [0.1, 0.15) is 0 Å². The maximum absolute atomic E-state index is 5.80. The molecule has 0 aromatic heterocycles. The molecular weight excluding hydrogens is 214 g/mol. The zero-order valence-electron chi connectivity index (χ0n) is 11.9. The SMILES string of the molecule is CCOC1CC(NCCCCOC)C1(C)CC. The Morgan fingerprint density at radius 1 is 1.29 bits per heavy atom. The first-order chi connectivity index (χ1) is 8.19. The molecule has 0 aromatic carbocycles. The highest BCUT2D eigenvalue weighted by atomic mass is 16.5. The van der Waals surface area contributed by atoms with E-state index < -0.39 is 0 Å². The van der Waals surface area contributed by atoms with Gasteiger partial charge in [-0.2, -0.15) is 0 Å². The van der Waals surface area contributed by atoms with Crippen molar-refractivity contribution in [2.45, 2.75) is 58.6 Å². The highest BCUT2D eigenvalue weighted by Crippen LogP contribution is 2.45. The molecule has 102 valence electrons. The fourth-order valence-electron chi connectivity index (χ4n) is 2.71. The lowest BCUT2D eigenvalue weighted by atomic mass is 9.61. The van der Waals surface area contributed by atoms with Crippen LogP contribution in [0.2, 0.25) is 0 Å². The molecule has 0 aromatic rings. The minimum atomic E-state index is 0.331. The summed E-state index contributed by atoms with van der Waals surface area (Å²) in [5, 5.41) is 3.67. The summed E-state index contributed by atoms with van der Waals surface area (Å²) < 4.78 is 10.9. The lowest BCUT2D eigenvalue weighted by Crippen LogP contribution is -2.62. The Kier molecular flexibility index (Phi) is 6.45. The standard InChI is InChI=1S/C14H29NO2/c1-5-14(3)12(11-13(14)17-6-2)15-9-7-8-10-16-4/h12-13,15H,5-11H2,1-4H3. The van der Waals surface area contributed by atoms with Gasteiger partial charge >= 0.3 is 0 Å². The van der Waals surface area contributed by atoms with Crippen molar-refractivity contribution >= 4 is 0 Å². The van der Waals surface area contributed by atoms with Crippen molar-refractivity contribution in [3.8, 4) is 0 Å². The highest BCUT2D eigenvalue weighted by molar-refractivity contribution is 5.04. The van der Waals surface area contributed by atoms with Gasteiger partial charge in [-0.3, -0.25) is 0 Å². The van der Waals surface area contributed by atoms with Crippen LogP contribution in [0.3, 0.4) is 0 Å². The fourth-order valence-corrected chi connectivity index (χ4v) is 2.71. The molecule has 3 unspecified atom stereocenters. The molecule has 1 rings (SSSR count). The molecule has 17 heavy (non-hydrogen) atoms. The summed E-state index contributed by atoms with van der Waals surface area (Å²) in [5.41, 5.74) is 0.331. The molecule has 0 aliphatic heterocycles. The minimum absolute atomic E-state index is 0.331. The number of hydrogen-bond acceptors (Lipinski definition) is 3. The molecule has 3 heteroatoms. The number of methoxy groups -OCH3 is 1. The van der Waals surface area contributed by atoms with Crippen molar-refractivity contribution in [1.29, 1.82) is 0 Å². The third-order valence-electron chi connectivity index (χ3n) is 4.28. The summed E-state index contributed by atoms with van der Waals surface area (Å²) in [5.74, 6) is 0. The van der Waals surface area contributed by atoms with E-state index in [-0.39, 0.29) is 0 Å². The molecule has 1 saturated carbocycles. The Morgan fingerprint density at radius 3 is 2.65 bits per heavy atom. The quantitative estimate of drug-likeness (QED) is 0.631. The van der Waals surface area contributed by atoms with Crippen LogP contribution in [0.4, 0.5) is 0 Å². The van der Waals surface area contributed by atoms with E-state index in [1.807, 2.05) is 0 Å². The van der Waals surface area contributed by atoms with Crippen LogP contribution in [-0.2, 0) is 9.47 Å². The van der Waals surface area contributed by atoms with Crippen LogP contribution >= 0.6 is 0 Å². The van der Waals surface area contributed by atoms with Gasteiger partial charge in [0.05, 0.1) is 6.10 Å². The van der Waals surface area contributed by atoms with Crippen LogP contribution in [0.25, 0.3) is 0 Å². The molecule has 1 aliphatic carbocycles. The number of unbranched alkanes of at least 4 members (excludes halogenated alkanes) is 1. The van der Waals surface area contributed by atoms with Gasteiger partial charge in [0.25, 0.3) is 0 Å². The maximum atomic E-state index is 5.80. The topological polar surface area (TPSA) is 30.5 Å². The number of nitrogens with one attached hydrogen (secondary N) is 1. The summed E-state index contributed by atoms with van der Waals surface area (Å²) in [7, 11) is 1.76. The van der Waals surface area contributed by atoms with Gasteiger partial charge < -0.3 is 14.8 Å². The molecule has 0 radical (unpaired) electrons. The van der Waals surface area contributed by atoms with Crippen molar-refractivity contribution in [2.75, 3.05) is 26.9 Å². The van der Waals surface area contributed by atoms with Gasteiger partial charge in [0.2, 0.25) is 0 Å². The van der Waals surface area contributed by atoms with Crippen LogP contribution in [0.5, 0.6) is 0 Å². The lowest BCUT2D eigenvalue weighted by molar-refractivity contribution is -0.125. The van der Waals surface area contributed by atoms with Crippen molar-refractivity contribution < 1.29 is 9.47 Å². The van der Waals surface area contributed by atoms with Crippen molar-refractivity contribution in [2.24, 2.45) is 5.41 Å². The zero-order valence-corrected chi connectivity index (χ0v) is 11.9. The fraction of sp³-hybridized carbons (Fsp3) is 1.00. The van der Waals surface area contributed by atoms with Gasteiger partial charge in [0, 0.05) is 31.8 Å². The second-order valence-corrected chi connectivity index (χ2v) is 5.25. The van der Waals surface area contributed by atoms with E-state index in [9.17, 15) is 0 Å². The first kappa shape index (κ1) is 14.9. The predicted molar refractivity (Wildman–Crippen MR) is 71.3 cm³/mol. The average molecular weight is 243 g/mol. The van der Waals surface area contributed by atoms with Crippen LogP contribution < -0.4 is 5.32 Å². The highest BCUT2D eigenvalue weighted by Gasteiger charge is 2.50. The Balaban J connectivity index is 2.21. The first-order valence-corrected chi connectivity index (χ1v) is 7.03. The van der Waals surface area contributed by atoms with Crippen molar-refractivity contribution in [3.63, 3.8) is 0 Å². The second kappa shape index (κ2) is 7.34. The number of hydrogen-bond donors (Lipinski definition) is 1. The summed E-state index contributed by atoms with van der Waals surface area (Å²) in [4.78, 5) is 0. The lowest BCUT2D eigenvalue weighted by Gasteiger charge is -2.53. The molecule has 1 fully saturated rings. The predicted octanol–water partition coefficient (Wildman–Crippen LogP) is 2.60. The average Bonchev–Trinajstić information content (AvgIpc) is 2.35. The minimum Gasteiger partial charge on any atom is -0.385 e. The van der Waals surface area contributed by atoms with E-state index in [1.165, 1.54) is 19.3 Å². The summed E-state index contributed by atoms with van der Waals surface area (Å²) in [6.45, 7) is 9.51. The second-order valence-electron chi connectivity index (χ2n) is 5.25. The van der Waals surface area contributed by atoms with Crippen LogP contribution in [0.15, 0.2) is 0 Å². The van der Waals surface area contributed by atoms with Crippen LogP contribution in [0, 0.1) is 5.41 Å². The van der Waals surface area contributed by atoms with E-state index in [2.05, 4.69) is 26.1 Å². The first-order valence-electron chi connectivity index (χ1n) is 7.03. The Labute approximate surface area is 106 Å². The van der Waals surface area contributed by atoms with E-state index in [4.69, 9.17) is 9.47 Å². The molecule has 0 bridgehead atoms. The summed E-state index contributed by atoms with van der Waals surface area (Å²) >= 11 is 0. The number of ether oxygens (including phenoxy) is 2. The largest absolute Gasteiger partial charge is 0.385 e. The van der Waals surface area contributed by atoms with Gasteiger partial charge in [0.15, 0.2) is 0 Å². The molecule has 1 N–H and O–H groups in total. The van der Waals surface area contributed by atoms with E-state index >= 15 is 0 Å². The normalized spacial score (nSPS) is 32.5. The Hall–Kier alpha value is -0.120. The van der Waals surface area contributed by atoms with Gasteiger partial charge in [-0.25, -0.2) is 0 Å². The molecule has 1 aliphatic rings. The summed E-state index contributed by atoms with van der Waals surface area (Å²) in [6.07, 6.45) is 5.15. The molecule has 0 heterocycles. The monoisotopic (exact) mass is 243 g/mol. The molecular formula is C14H29NO2. The molecule has 0 spiro atoms. The van der Waals surface area contributed by atoms with Gasteiger partial charge in [-0.1, -0.05) is 13.8 Å². The van der Waals surface area contributed by atoms with Crippen molar-refractivity contribution in [1.82, 2.24) is 5.32 Å². The van der Waals surface area contributed by atoms with Gasteiger partial charge in [-0.05, 0) is 39.2 Å². The Bertz CT molecular complexity index is 210. The molecule has 0 amide bonds. The third-order valence-corrected chi connectivity index (χ3v) is 4.28. The molecule has 3 atom stereocenters. The van der Waals surface area contributed by atoms with E-state index in [0.29, 0.717) is 17.6 Å². The van der Waals surface area contributed by atoms with E-state index in [1.54, 1.807) is 7.11 Å². The molecule has 3 nitrogen and oxygen atoms in total. The van der Waals surface area contributed by atoms with Crippen LogP contribution in [-0.4, -0.2) is 39.0 Å². The molecule has 0 saturated heterocycles. The van der Waals surface area contributed by atoms with Gasteiger partial charge in [-0.15, -0.1) is 0 Å². The third kappa shape index (κ3) is 3.67. The zero-order chi connectivity index (χ0) is 12.7. The van der Waals surface area contributed by atoms with Crippen LogP contribution in [0.1, 0.15) is 46.5 Å². The van der Waals surface area contributed by atoms with E-state index in [0.717, 1.165) is 26.2 Å². The smallest absolute Gasteiger partial charge is 0.0658 e. The number of rotatable bonds is 9. The van der Waals surface area contributed by atoms with Crippen molar-refractivity contribution in [3.05, 3.63) is 0 Å².